The summed E-state index contributed by atoms with van der Waals surface area (Å²) in [7, 11) is 0. The molecule has 0 aliphatic carbocycles. The van der Waals surface area contributed by atoms with Crippen LogP contribution in [0, 0.1) is 0 Å². The van der Waals surface area contributed by atoms with Crippen LogP contribution in [0.5, 0.6) is 0 Å². The predicted molar refractivity (Wildman–Crippen MR) is 201 cm³/mol. The summed E-state index contributed by atoms with van der Waals surface area (Å²) in [6.45, 7) is 0. The molecule has 0 aliphatic rings. The Morgan fingerprint density at radius 2 is 1.09 bits per heavy atom. The van der Waals surface area contributed by atoms with Crippen LogP contribution in [0.1, 0.15) is 0 Å². The van der Waals surface area contributed by atoms with Crippen LogP contribution in [-0.2, 0) is 0 Å². The molecule has 0 N–H and O–H groups in total. The first kappa shape index (κ1) is 26.3. The molecule has 0 spiro atoms. The molecule has 220 valence electrons. The Kier molecular flexibility index (Phi) is 5.78. The van der Waals surface area contributed by atoms with Crippen LogP contribution in [-0.4, -0.2) is 9.13 Å². The van der Waals surface area contributed by atoms with Gasteiger partial charge >= 0.3 is 0 Å². The van der Waals surface area contributed by atoms with Gasteiger partial charge in [-0.15, -0.1) is 11.3 Å². The first-order chi connectivity index (χ1) is 23.3. The summed E-state index contributed by atoms with van der Waals surface area (Å²) in [5, 5.41) is 6.38. The predicted octanol–water partition coefficient (Wildman–Crippen LogP) is 12.4. The average Bonchev–Trinajstić information content (AvgIpc) is 3.82. The Labute approximate surface area is 276 Å². The van der Waals surface area contributed by atoms with E-state index in [2.05, 4.69) is 179 Å². The third kappa shape index (κ3) is 3.97. The normalized spacial score (nSPS) is 11.8. The quantitative estimate of drug-likeness (QED) is 0.186. The van der Waals surface area contributed by atoms with Crippen molar-refractivity contribution in [3.63, 3.8) is 0 Å². The number of fused-ring (bicyclic) bond motifs is 8. The summed E-state index contributed by atoms with van der Waals surface area (Å²) < 4.78 is 7.58. The van der Waals surface area contributed by atoms with E-state index in [4.69, 9.17) is 0 Å². The number of rotatable bonds is 4. The van der Waals surface area contributed by atoms with E-state index < -0.39 is 0 Å². The second-order valence-electron chi connectivity index (χ2n) is 12.1. The molecule has 0 unspecified atom stereocenters. The highest BCUT2D eigenvalue weighted by Gasteiger charge is 2.21. The Hall–Kier alpha value is -5.90. The van der Waals surface area contributed by atoms with Gasteiger partial charge in [-0.3, -0.25) is 0 Å². The molecule has 3 heterocycles. The van der Waals surface area contributed by atoms with Gasteiger partial charge in [-0.05, 0) is 59.2 Å². The Morgan fingerprint density at radius 3 is 1.91 bits per heavy atom. The Bertz CT molecular complexity index is 2760. The molecular formula is C44H28N2S. The summed E-state index contributed by atoms with van der Waals surface area (Å²) in [6.07, 6.45) is 0. The van der Waals surface area contributed by atoms with E-state index in [0.29, 0.717) is 0 Å². The van der Waals surface area contributed by atoms with E-state index in [9.17, 15) is 0 Å². The monoisotopic (exact) mass is 616 g/mol. The zero-order valence-electron chi connectivity index (χ0n) is 25.5. The van der Waals surface area contributed by atoms with Crippen molar-refractivity contribution in [3.05, 3.63) is 170 Å². The number of thiophene rings is 1. The van der Waals surface area contributed by atoms with Crippen molar-refractivity contribution in [2.45, 2.75) is 0 Å². The number of benzene rings is 7. The maximum Gasteiger partial charge on any atom is 0.0788 e. The van der Waals surface area contributed by atoms with E-state index in [0.717, 1.165) is 11.4 Å². The van der Waals surface area contributed by atoms with E-state index in [-0.39, 0.29) is 0 Å². The lowest BCUT2D eigenvalue weighted by molar-refractivity contribution is 1.12. The second kappa shape index (κ2) is 10.3. The Morgan fingerprint density at radius 1 is 0.404 bits per heavy atom. The smallest absolute Gasteiger partial charge is 0.0788 e. The van der Waals surface area contributed by atoms with E-state index >= 15 is 0 Å². The SMILES string of the molecule is c1ccc(-c2cc3ccc4c5ccccc5n(-c5ccc(-c6cccc7c6sc6ccccc67)cc5)c4c3n2-c2ccccc2)cc1. The van der Waals surface area contributed by atoms with Crippen molar-refractivity contribution in [2.24, 2.45) is 0 Å². The minimum absolute atomic E-state index is 1.15. The summed E-state index contributed by atoms with van der Waals surface area (Å²) >= 11 is 1.88. The number of hydrogen-bond acceptors (Lipinski definition) is 1. The molecule has 3 heteroatoms. The average molecular weight is 617 g/mol. The lowest BCUT2D eigenvalue weighted by Crippen LogP contribution is -2.00. The van der Waals surface area contributed by atoms with Crippen LogP contribution in [0.15, 0.2) is 170 Å². The first-order valence-corrected chi connectivity index (χ1v) is 16.8. The molecule has 10 rings (SSSR count). The van der Waals surface area contributed by atoms with Gasteiger partial charge in [-0.25, -0.2) is 0 Å². The molecular weight excluding hydrogens is 589 g/mol. The molecule has 0 radical (unpaired) electrons. The van der Waals surface area contributed by atoms with Gasteiger partial charge in [0, 0.05) is 47.7 Å². The van der Waals surface area contributed by atoms with Crippen molar-refractivity contribution in [1.82, 2.24) is 9.13 Å². The van der Waals surface area contributed by atoms with Gasteiger partial charge in [0.25, 0.3) is 0 Å². The molecule has 0 atom stereocenters. The summed E-state index contributed by atoms with van der Waals surface area (Å²) in [4.78, 5) is 0. The van der Waals surface area contributed by atoms with Gasteiger partial charge in [0.1, 0.15) is 0 Å². The first-order valence-electron chi connectivity index (χ1n) is 16.0. The zero-order chi connectivity index (χ0) is 30.9. The lowest BCUT2D eigenvalue weighted by atomic mass is 10.0. The van der Waals surface area contributed by atoms with E-state index in [1.165, 1.54) is 75.3 Å². The summed E-state index contributed by atoms with van der Waals surface area (Å²) in [5.41, 5.74) is 10.8. The fourth-order valence-corrected chi connectivity index (χ4v) is 8.68. The lowest BCUT2D eigenvalue weighted by Gasteiger charge is -2.15. The molecule has 47 heavy (non-hydrogen) atoms. The van der Waals surface area contributed by atoms with Crippen LogP contribution in [0.3, 0.4) is 0 Å². The minimum Gasteiger partial charge on any atom is -0.307 e. The standard InChI is InChI=1S/C44H28N2S/c1-3-12-30(13-4-1)40-28-31-24-27-37-35-16-7-9-20-39(35)45(43(37)42(31)46(40)32-14-5-2-6-15-32)33-25-22-29(23-26-33)34-18-11-19-38-36-17-8-10-21-41(36)47-44(34)38/h1-28H. The van der Waals surface area contributed by atoms with Crippen LogP contribution in [0.4, 0.5) is 0 Å². The van der Waals surface area contributed by atoms with Crippen LogP contribution in [0.2, 0.25) is 0 Å². The molecule has 0 saturated carbocycles. The molecule has 10 aromatic rings. The summed E-state index contributed by atoms with van der Waals surface area (Å²) in [5.74, 6) is 0. The van der Waals surface area contributed by atoms with Crippen molar-refractivity contribution in [1.29, 1.82) is 0 Å². The zero-order valence-corrected chi connectivity index (χ0v) is 26.3. The number of aromatic nitrogens is 2. The topological polar surface area (TPSA) is 9.86 Å². The number of hydrogen-bond donors (Lipinski definition) is 0. The largest absolute Gasteiger partial charge is 0.307 e. The van der Waals surface area contributed by atoms with Gasteiger partial charge in [0.2, 0.25) is 0 Å². The van der Waals surface area contributed by atoms with Gasteiger partial charge in [-0.2, -0.15) is 0 Å². The fourth-order valence-electron chi connectivity index (χ4n) is 7.44. The maximum absolute atomic E-state index is 2.46. The highest BCUT2D eigenvalue weighted by Crippen LogP contribution is 2.43. The molecule has 0 bridgehead atoms. The number of para-hydroxylation sites is 2. The fraction of sp³-hybridized carbons (Fsp3) is 0. The van der Waals surface area contributed by atoms with Gasteiger partial charge in [0.15, 0.2) is 0 Å². The van der Waals surface area contributed by atoms with Gasteiger partial charge in [-0.1, -0.05) is 127 Å². The van der Waals surface area contributed by atoms with Crippen LogP contribution < -0.4 is 0 Å². The van der Waals surface area contributed by atoms with Crippen LogP contribution >= 0.6 is 11.3 Å². The summed E-state index contributed by atoms with van der Waals surface area (Å²) in [6, 6.07) is 61.8. The minimum atomic E-state index is 1.15. The molecule has 0 fully saturated rings. The van der Waals surface area contributed by atoms with Crippen LogP contribution in [0.25, 0.3) is 86.6 Å². The van der Waals surface area contributed by atoms with E-state index in [1.54, 1.807) is 0 Å². The molecule has 0 aliphatic heterocycles. The van der Waals surface area contributed by atoms with E-state index in [1.807, 2.05) is 11.3 Å². The molecule has 7 aromatic carbocycles. The molecule has 3 aromatic heterocycles. The van der Waals surface area contributed by atoms with Crippen molar-refractivity contribution in [3.8, 4) is 33.8 Å². The molecule has 2 nitrogen and oxygen atoms in total. The van der Waals surface area contributed by atoms with Crippen molar-refractivity contribution in [2.75, 3.05) is 0 Å². The second-order valence-corrected chi connectivity index (χ2v) is 13.2. The number of nitrogens with zero attached hydrogens (tertiary/aromatic N) is 2. The third-order valence-electron chi connectivity index (χ3n) is 9.52. The maximum atomic E-state index is 2.46. The molecule has 0 saturated heterocycles. The highest BCUT2D eigenvalue weighted by molar-refractivity contribution is 7.26. The third-order valence-corrected chi connectivity index (χ3v) is 10.7. The van der Waals surface area contributed by atoms with Gasteiger partial charge < -0.3 is 9.13 Å². The van der Waals surface area contributed by atoms with Crippen molar-refractivity contribution < 1.29 is 0 Å². The van der Waals surface area contributed by atoms with Crippen molar-refractivity contribution >= 4 is 64.2 Å². The van der Waals surface area contributed by atoms with Gasteiger partial charge in [0.05, 0.1) is 22.2 Å². The Balaban J connectivity index is 1.25. The highest BCUT2D eigenvalue weighted by atomic mass is 32.1. The molecule has 0 amide bonds.